The Balaban J connectivity index is 0.000000220. The molecule has 5 aliphatic heterocycles. The molecule has 31 nitrogen and oxygen atoms in total. The molecule has 0 aliphatic carbocycles. The summed E-state index contributed by atoms with van der Waals surface area (Å²) in [6.07, 6.45) is 2.56. The Kier molecular flexibility index (Phi) is 44.4. The Morgan fingerprint density at radius 1 is 0.366 bits per heavy atom. The molecule has 1 fully saturated rings. The molecule has 9 heterocycles. The van der Waals surface area contributed by atoms with Crippen molar-refractivity contribution in [3.63, 3.8) is 0 Å². The van der Waals surface area contributed by atoms with Gasteiger partial charge in [0.25, 0.3) is 0 Å². The van der Waals surface area contributed by atoms with Crippen LogP contribution in [0.3, 0.4) is 0 Å². The molecule has 16 aromatic rings. The summed E-state index contributed by atoms with van der Waals surface area (Å²) in [5.41, 5.74) is 6.59. The van der Waals surface area contributed by atoms with Gasteiger partial charge in [-0.1, -0.05) is 192 Å². The minimum atomic E-state index is -5.33. The molecule has 44 heteroatoms. The van der Waals surface area contributed by atoms with Crippen LogP contribution in [-0.2, 0) is 76.4 Å². The number of rotatable bonds is 24. The molecule has 3 N–H and O–H groups in total. The van der Waals surface area contributed by atoms with Gasteiger partial charge in [0.15, 0.2) is 51.4 Å². The predicted molar refractivity (Wildman–Crippen MR) is 519 cm³/mol. The van der Waals surface area contributed by atoms with E-state index in [4.69, 9.17) is 74.1 Å². The van der Waals surface area contributed by atoms with Crippen molar-refractivity contribution in [1.29, 1.82) is 0 Å². The molecule has 0 spiro atoms. The van der Waals surface area contributed by atoms with Gasteiger partial charge in [0.05, 0.1) is 71.3 Å². The standard InChI is InChI=1S/C30H23FNO6P.2C16H11FNO6P.C16H10FNO3.C16H20O5P2.C4H8O.3CH4.HI.3Na.H/c31-25-14-8-7-13-23(25)26-16-28(24-15-29-30(35-20-34-29)17-27(24)32-26)38-39(33,36-18-21-9-3-1-4-10-21)37-19-22-11-5-2-6-12-22;2*17-11-4-2-1-3-9(11)12-6-14(24-25(19,20)21)10-5-15-16(23-8-22-15)7-13(10)18-12;17-11-4-2-1-3-9(11)12-6-14(19)10-5-15-16(21-8-20-15)7-13(10)18-12;1-22(2,17)21-23(18,19-13-15-9-5-3-6-10-15)20-14-16-11-7-4-8-12-16;1-2-4-5-3-1;;;;;;;;/h1-17H,18-20H2;2*1-7H,8H2,(H2,19,20,21);1-7H,8H2,(H,18,19);3-12H,13-14H2,1-2H3;1-4H2;3*1H4;1H;;;;/q;;;;;;;;;;3*+1;-1/p-3. The van der Waals surface area contributed by atoms with E-state index in [-0.39, 0.29) is 263 Å². The summed E-state index contributed by atoms with van der Waals surface area (Å²) in [5, 5.41) is 1.51. The average molecular weight is 2220 g/mol. The fourth-order valence-corrected chi connectivity index (χ4v) is 19.1. The molecule has 0 bridgehead atoms. The summed E-state index contributed by atoms with van der Waals surface area (Å²) in [5.74, 6) is 1.57. The molecule has 0 radical (unpaired) electrons. The van der Waals surface area contributed by atoms with Crippen molar-refractivity contribution in [2.24, 2.45) is 0 Å². The normalized spacial score (nSPS) is 12.6. The topological polar surface area (TPSA) is 400 Å². The number of aromatic nitrogens is 4. The first kappa shape index (κ1) is 119. The molecule has 1 saturated heterocycles. The first-order valence-corrected chi connectivity index (χ1v) is 50.5. The SMILES string of the molecule is C.C.C.C1CCOC1.CP(C)(=O)OP(=O)(OCc1ccccc1)OCc1ccccc1.O=P(O)(O)Oc1cc(-c2ccccc2F)nc2cc3c(cc12)OCO3.O=P(OCc1ccccc1)(OCc1ccccc1)Oc1cc(-c2ccccc2F)nc2cc3c(cc12)OCO3.O=P([O-])([O-])Oc1cc(-c2ccccc2F)nc2cc3c(cc12)OCO3.O=c1cc(-c2ccccc2F)[nH]c2cc3c(cc12)OCO3.[H-].[I-].[Na+].[Na+].[Na+]. The fourth-order valence-electron chi connectivity index (χ4n) is 14.1. The van der Waals surface area contributed by atoms with Crippen molar-refractivity contribution in [2.75, 3.05) is 53.7 Å². The van der Waals surface area contributed by atoms with Crippen molar-refractivity contribution in [2.45, 2.75) is 61.5 Å². The fraction of sp³-hybridized carbons (Fsp3) is 0.168. The molecule has 4 aromatic heterocycles. The van der Waals surface area contributed by atoms with Gasteiger partial charge in [0, 0.05) is 119 Å². The van der Waals surface area contributed by atoms with Crippen LogP contribution in [0, 0.1) is 23.3 Å². The zero-order valence-electron chi connectivity index (χ0n) is 77.3. The first-order valence-electron chi connectivity index (χ1n) is 42.1. The van der Waals surface area contributed by atoms with Crippen LogP contribution in [0.25, 0.3) is 88.6 Å². The van der Waals surface area contributed by atoms with E-state index < -0.39 is 56.1 Å². The monoisotopic (exact) mass is 2220 g/mol. The third-order valence-electron chi connectivity index (χ3n) is 20.4. The van der Waals surface area contributed by atoms with Gasteiger partial charge in [-0.2, -0.15) is 0 Å². The van der Waals surface area contributed by atoms with Crippen molar-refractivity contribution in [3.05, 3.63) is 347 Å². The van der Waals surface area contributed by atoms with E-state index in [9.17, 15) is 64.8 Å². The first-order chi connectivity index (χ1) is 66.5. The molecule has 0 unspecified atom stereocenters. The van der Waals surface area contributed by atoms with Crippen LogP contribution < -0.4 is 179 Å². The summed E-state index contributed by atoms with van der Waals surface area (Å²) < 4.78 is 208. The second kappa shape index (κ2) is 54.3. The van der Waals surface area contributed by atoms with Gasteiger partial charge in [0.1, 0.15) is 48.3 Å². The Labute approximate surface area is 916 Å². The largest absolute Gasteiger partial charge is 1.00 e. The minimum Gasteiger partial charge on any atom is -1.00 e. The average Bonchev–Trinajstić information content (AvgIpc) is 1.50. The number of nitrogens with zero attached hydrogens (tertiary/aromatic N) is 3. The van der Waals surface area contributed by atoms with E-state index in [1.54, 1.807) is 78.9 Å². The maximum atomic E-state index is 14.8. The molecular weight excluding hydrogens is 2130 g/mol. The summed E-state index contributed by atoms with van der Waals surface area (Å²) in [7, 11) is -21.3. The number of pyridine rings is 4. The third kappa shape index (κ3) is 32.5. The van der Waals surface area contributed by atoms with Crippen LogP contribution in [0.1, 0.15) is 58.8 Å². The van der Waals surface area contributed by atoms with Crippen LogP contribution in [-0.4, -0.2) is 83.4 Å². The van der Waals surface area contributed by atoms with Gasteiger partial charge >= 0.3 is 112 Å². The van der Waals surface area contributed by atoms with Crippen molar-refractivity contribution >= 4 is 82.3 Å². The van der Waals surface area contributed by atoms with E-state index in [1.807, 2.05) is 121 Å². The summed E-state index contributed by atoms with van der Waals surface area (Å²) in [6, 6.07) is 79.5. The second-order valence-corrected chi connectivity index (χ2v) is 39.1. The molecule has 12 aromatic carbocycles. The number of phosphoric acid groups is 4. The predicted octanol–water partition coefficient (Wildman–Crippen LogP) is 11.9. The molecule has 0 amide bonds. The van der Waals surface area contributed by atoms with Crippen molar-refractivity contribution in [3.8, 4) is 108 Å². The van der Waals surface area contributed by atoms with E-state index >= 15 is 0 Å². The minimum absolute atomic E-state index is 0. The number of hydrogen-bond acceptors (Lipinski definition) is 28. The molecule has 21 rings (SSSR count). The van der Waals surface area contributed by atoms with Crippen LogP contribution in [0.15, 0.2) is 296 Å². The maximum absolute atomic E-state index is 14.8. The number of phosphoric ester groups is 4. The van der Waals surface area contributed by atoms with E-state index in [2.05, 4.69) is 24.5 Å². The van der Waals surface area contributed by atoms with E-state index in [0.717, 1.165) is 35.5 Å². The molecular formula is C101H94F4IN4Na3O27P5-. The van der Waals surface area contributed by atoms with Gasteiger partial charge in [-0.15, -0.1) is 0 Å². The van der Waals surface area contributed by atoms with Crippen LogP contribution in [0.4, 0.5) is 17.6 Å². The summed E-state index contributed by atoms with van der Waals surface area (Å²) in [6.45, 7) is 5.05. The van der Waals surface area contributed by atoms with E-state index in [1.165, 1.54) is 117 Å². The van der Waals surface area contributed by atoms with Gasteiger partial charge in [-0.05, 0) is 108 Å². The van der Waals surface area contributed by atoms with Crippen molar-refractivity contribution in [1.82, 2.24) is 19.9 Å². The Morgan fingerprint density at radius 2 is 0.648 bits per heavy atom. The molecule has 744 valence electrons. The molecule has 145 heavy (non-hydrogen) atoms. The zero-order chi connectivity index (χ0) is 96.6. The van der Waals surface area contributed by atoms with Gasteiger partial charge < -0.3 is 101 Å². The number of halogens is 5. The maximum Gasteiger partial charge on any atom is 1.00 e. The van der Waals surface area contributed by atoms with Crippen LogP contribution >= 0.6 is 38.7 Å². The van der Waals surface area contributed by atoms with Gasteiger partial charge in [0.2, 0.25) is 34.5 Å². The number of aromatic amines is 1. The Hall–Kier alpha value is -9.92. The van der Waals surface area contributed by atoms with Crippen LogP contribution in [0.5, 0.6) is 63.2 Å². The number of benzene rings is 12. The second-order valence-electron chi connectivity index (χ2n) is 30.7. The molecule has 5 aliphatic rings. The molecule has 0 atom stereocenters. The van der Waals surface area contributed by atoms with E-state index in [0.29, 0.717) is 90.0 Å². The van der Waals surface area contributed by atoms with Crippen molar-refractivity contribution < 1.29 is 253 Å². The third-order valence-corrected chi connectivity index (χ3v) is 25.9. The number of H-pyrrole nitrogens is 1. The summed E-state index contributed by atoms with van der Waals surface area (Å²) in [4.78, 5) is 69.2. The number of fused-ring (bicyclic) bond motifs is 8. The van der Waals surface area contributed by atoms with Gasteiger partial charge in [-0.3, -0.25) is 37.2 Å². The van der Waals surface area contributed by atoms with Crippen LogP contribution in [0.2, 0.25) is 0 Å². The zero-order valence-corrected chi connectivity index (χ0v) is 88.9. The smallest absolute Gasteiger partial charge is 1.00 e. The quantitative estimate of drug-likeness (QED) is 0.0219. The number of ether oxygens (including phenoxy) is 9. The summed E-state index contributed by atoms with van der Waals surface area (Å²) >= 11 is 0. The molecule has 0 saturated carbocycles. The number of hydrogen-bond donors (Lipinski definition) is 3. The Morgan fingerprint density at radius 3 is 0.952 bits per heavy atom. The Bertz CT molecular complexity index is 7190. The van der Waals surface area contributed by atoms with Gasteiger partial charge in [-0.25, -0.2) is 50.5 Å². The number of nitrogens with one attached hydrogen (secondary N) is 1.